The van der Waals surface area contributed by atoms with Crippen LogP contribution in [-0.4, -0.2) is 159 Å². The number of anilines is 1. The molecule has 2 saturated heterocycles. The number of fused-ring (bicyclic) bond motifs is 2. The second kappa shape index (κ2) is 24.7. The molecule has 4 aliphatic rings. The smallest absolute Gasteiger partial charge is 0.268 e. The van der Waals surface area contributed by atoms with Crippen molar-refractivity contribution in [1.82, 2.24) is 50.0 Å². The fourth-order valence-electron chi connectivity index (χ4n) is 11.4. The summed E-state index contributed by atoms with van der Waals surface area (Å²) in [5, 5.41) is 22.7. The molecule has 1 aliphatic carbocycles. The summed E-state index contributed by atoms with van der Waals surface area (Å²) in [5.74, 6) is -1.22. The molecule has 3 aromatic carbocycles. The number of hydrogen-bond donors (Lipinski definition) is 5. The van der Waals surface area contributed by atoms with Crippen molar-refractivity contribution in [2.75, 3.05) is 71.8 Å². The Morgan fingerprint density at radius 3 is 1.99 bits per heavy atom. The number of piperazine rings is 1. The summed E-state index contributed by atoms with van der Waals surface area (Å²) in [6, 6.07) is 25.7. The molecule has 3 fully saturated rings. The van der Waals surface area contributed by atoms with Crippen LogP contribution in [0.5, 0.6) is 0 Å². The highest BCUT2D eigenvalue weighted by Gasteiger charge is 2.49. The standard InChI is InChI=1S/C60H77N11O7S/c1-40-53(79-39-63-40)44-14-8-41(9-15-44)35-62-56(76)49-34-47(72)38-71(49)58(78)54(59(2,3)4)65-52(74)23-27-68-30-28-67(29-31-68)26-22-51(73)64-46-18-12-42(13-19-46)36-61-55(75)48-20-21-50-60(24-7-25-60)69(32-33-70(48)50)37-43-10-16-45(17-11-43)57(77)66(5)6/h8-21,39,47,49,54,72H,7,22-38H2,1-6H3,(H,61,75)(H,62,76)(H,64,73)(H,65,74)/t47-,49+,54-/m1/s1. The fraction of sp³-hybridized carbons (Fsp3) is 0.483. The van der Waals surface area contributed by atoms with Gasteiger partial charge in [-0.15, -0.1) is 11.3 Å². The number of nitrogens with one attached hydrogen (secondary N) is 4. The minimum atomic E-state index is -0.904. The third-order valence-corrected chi connectivity index (χ3v) is 17.2. The highest BCUT2D eigenvalue weighted by atomic mass is 32.1. The van der Waals surface area contributed by atoms with Crippen LogP contribution >= 0.6 is 11.3 Å². The first-order chi connectivity index (χ1) is 37.8. The average molecular weight is 1100 g/mol. The number of likely N-dealkylation sites (tertiary alicyclic amines) is 1. The molecule has 3 aliphatic heterocycles. The maximum Gasteiger partial charge on any atom is 0.268 e. The van der Waals surface area contributed by atoms with E-state index in [0.717, 1.165) is 91.4 Å². The Labute approximate surface area is 467 Å². The largest absolute Gasteiger partial charge is 0.391 e. The van der Waals surface area contributed by atoms with Gasteiger partial charge in [0, 0.05) is 129 Å². The van der Waals surface area contributed by atoms with E-state index in [0.29, 0.717) is 49.5 Å². The molecule has 420 valence electrons. The number of benzene rings is 3. The molecule has 79 heavy (non-hydrogen) atoms. The van der Waals surface area contributed by atoms with Gasteiger partial charge in [0.1, 0.15) is 17.8 Å². The summed E-state index contributed by atoms with van der Waals surface area (Å²) in [6.07, 6.45) is 2.99. The van der Waals surface area contributed by atoms with Gasteiger partial charge in [0.2, 0.25) is 23.6 Å². The van der Waals surface area contributed by atoms with Gasteiger partial charge >= 0.3 is 0 Å². The van der Waals surface area contributed by atoms with Crippen LogP contribution in [0.2, 0.25) is 0 Å². The van der Waals surface area contributed by atoms with Crippen molar-refractivity contribution in [2.45, 2.75) is 116 Å². The van der Waals surface area contributed by atoms with Gasteiger partial charge in [-0.2, -0.15) is 0 Å². The lowest BCUT2D eigenvalue weighted by Crippen LogP contribution is -2.58. The first kappa shape index (κ1) is 56.9. The van der Waals surface area contributed by atoms with Gasteiger partial charge in [-0.25, -0.2) is 4.98 Å². The van der Waals surface area contributed by atoms with Gasteiger partial charge < -0.3 is 50.5 Å². The van der Waals surface area contributed by atoms with Crippen LogP contribution in [0.3, 0.4) is 0 Å². The van der Waals surface area contributed by atoms with E-state index in [9.17, 15) is 33.9 Å². The molecular formula is C60H77N11O7S. The predicted octanol–water partition coefficient (Wildman–Crippen LogP) is 5.59. The summed E-state index contributed by atoms with van der Waals surface area (Å²) < 4.78 is 2.19. The first-order valence-corrected chi connectivity index (χ1v) is 28.7. The molecule has 6 amide bonds. The molecule has 0 bridgehead atoms. The average Bonchev–Trinajstić information content (AvgIpc) is 4.00. The van der Waals surface area contributed by atoms with E-state index in [-0.39, 0.29) is 61.0 Å². The van der Waals surface area contributed by atoms with E-state index < -0.39 is 29.5 Å². The summed E-state index contributed by atoms with van der Waals surface area (Å²) >= 11 is 1.58. The second-order valence-electron chi connectivity index (χ2n) is 23.0. The zero-order valence-corrected chi connectivity index (χ0v) is 47.4. The van der Waals surface area contributed by atoms with E-state index in [1.807, 2.05) is 112 Å². The molecule has 2 aromatic heterocycles. The van der Waals surface area contributed by atoms with Crippen LogP contribution in [0.1, 0.15) is 108 Å². The molecule has 18 nitrogen and oxygen atoms in total. The van der Waals surface area contributed by atoms with Crippen molar-refractivity contribution in [3.05, 3.63) is 130 Å². The number of thiazole rings is 1. The van der Waals surface area contributed by atoms with Crippen LogP contribution in [0.4, 0.5) is 5.69 Å². The Kier molecular flexibility index (Phi) is 17.8. The Morgan fingerprint density at radius 1 is 0.772 bits per heavy atom. The van der Waals surface area contributed by atoms with Crippen LogP contribution in [-0.2, 0) is 50.9 Å². The maximum absolute atomic E-state index is 14.2. The van der Waals surface area contributed by atoms with E-state index in [1.54, 1.807) is 30.3 Å². The first-order valence-electron chi connectivity index (χ1n) is 27.8. The Hall–Kier alpha value is -6.77. The monoisotopic (exact) mass is 1100 g/mol. The van der Waals surface area contributed by atoms with Crippen molar-refractivity contribution in [1.29, 1.82) is 0 Å². The zero-order valence-electron chi connectivity index (χ0n) is 46.6. The van der Waals surface area contributed by atoms with Gasteiger partial charge in [-0.1, -0.05) is 69.3 Å². The highest BCUT2D eigenvalue weighted by Crippen LogP contribution is 2.49. The highest BCUT2D eigenvalue weighted by molar-refractivity contribution is 7.13. The van der Waals surface area contributed by atoms with Crippen molar-refractivity contribution in [2.24, 2.45) is 5.41 Å². The second-order valence-corrected chi connectivity index (χ2v) is 23.9. The molecule has 0 radical (unpaired) electrons. The summed E-state index contributed by atoms with van der Waals surface area (Å²) in [6.45, 7) is 14.6. The third-order valence-electron chi connectivity index (χ3n) is 16.2. The number of rotatable bonds is 19. The number of nitrogens with zero attached hydrogens (tertiary/aromatic N) is 7. The third kappa shape index (κ3) is 13.5. The molecule has 5 N–H and O–H groups in total. The number of aliphatic hydroxyl groups is 1. The van der Waals surface area contributed by atoms with Crippen LogP contribution < -0.4 is 21.3 Å². The molecular weight excluding hydrogens is 1020 g/mol. The summed E-state index contributed by atoms with van der Waals surface area (Å²) in [7, 11) is 3.52. The predicted molar refractivity (Wildman–Crippen MR) is 305 cm³/mol. The number of carbonyl (C=O) groups excluding carboxylic acids is 6. The Balaban J connectivity index is 0.669. The van der Waals surface area contributed by atoms with Gasteiger partial charge in [0.15, 0.2) is 0 Å². The topological polar surface area (TPSA) is 205 Å². The quantitative estimate of drug-likeness (QED) is 0.0690. The lowest BCUT2D eigenvalue weighted by atomic mass is 9.71. The lowest BCUT2D eigenvalue weighted by molar-refractivity contribution is -0.144. The van der Waals surface area contributed by atoms with E-state index in [1.165, 1.54) is 10.6 Å². The number of hydrogen-bond acceptors (Lipinski definition) is 12. The van der Waals surface area contributed by atoms with Crippen molar-refractivity contribution >= 4 is 52.5 Å². The van der Waals surface area contributed by atoms with E-state index >= 15 is 0 Å². The van der Waals surface area contributed by atoms with Crippen molar-refractivity contribution in [3.63, 3.8) is 0 Å². The zero-order chi connectivity index (χ0) is 56.0. The minimum absolute atomic E-state index is 0.00580. The van der Waals surface area contributed by atoms with Crippen molar-refractivity contribution < 1.29 is 33.9 Å². The molecule has 19 heteroatoms. The van der Waals surface area contributed by atoms with E-state index in [4.69, 9.17) is 0 Å². The molecule has 9 rings (SSSR count). The number of aliphatic hydroxyl groups excluding tert-OH is 1. The molecule has 1 spiro atoms. The van der Waals surface area contributed by atoms with Gasteiger partial charge in [0.25, 0.3) is 11.8 Å². The van der Waals surface area contributed by atoms with Crippen LogP contribution in [0.15, 0.2) is 90.4 Å². The maximum atomic E-state index is 14.2. The Morgan fingerprint density at radius 2 is 1.39 bits per heavy atom. The van der Waals surface area contributed by atoms with Crippen molar-refractivity contribution in [3.8, 4) is 10.4 Å². The number of amides is 6. The number of aryl methyl sites for hydroxylation is 1. The number of carbonyl (C=O) groups is 6. The minimum Gasteiger partial charge on any atom is -0.391 e. The molecule has 5 heterocycles. The lowest BCUT2D eigenvalue weighted by Gasteiger charge is -2.53. The normalized spacial score (nSPS) is 18.8. The summed E-state index contributed by atoms with van der Waals surface area (Å²) in [4.78, 5) is 95.7. The van der Waals surface area contributed by atoms with E-state index in [2.05, 4.69) is 51.6 Å². The number of β-amino-alcohol motifs (C(OH)–C–C–N with tert-alkyl or cyclic N) is 1. The summed E-state index contributed by atoms with van der Waals surface area (Å²) in [5.41, 5.74) is 9.28. The van der Waals surface area contributed by atoms with Gasteiger partial charge in [-0.05, 0) is 90.3 Å². The molecule has 5 aromatic rings. The molecule has 1 saturated carbocycles. The van der Waals surface area contributed by atoms with Gasteiger partial charge in [-0.3, -0.25) is 33.7 Å². The number of aromatic nitrogens is 2. The SMILES string of the molecule is Cc1ncsc1-c1ccc(CNC(=O)[C@@H]2C[C@@H](O)CN2C(=O)[C@@H](NC(=O)CCN2CCN(CCC(=O)Nc3ccc(CNC(=O)c4ccc5n4CCN(Cc4ccc(C(=O)N(C)C)cc4)C54CCC4)cc3)CC2)C(C)(C)C)cc1. The fourth-order valence-corrected chi connectivity index (χ4v) is 12.2. The van der Waals surface area contributed by atoms with Crippen LogP contribution in [0, 0.1) is 12.3 Å². The van der Waals surface area contributed by atoms with Gasteiger partial charge in [0.05, 0.1) is 27.7 Å². The molecule has 0 unspecified atom stereocenters. The molecule has 3 atom stereocenters. The van der Waals surface area contributed by atoms with Crippen LogP contribution in [0.25, 0.3) is 10.4 Å². The Bertz CT molecular complexity index is 2970.